The molecule has 2 heterocycles. The molecule has 2 aliphatic heterocycles. The highest BCUT2D eigenvalue weighted by Crippen LogP contribution is 2.02. The van der Waals surface area contributed by atoms with Crippen molar-refractivity contribution in [3.8, 4) is 0 Å². The second-order valence-corrected chi connectivity index (χ2v) is 4.69. The molecule has 2 aliphatic rings. The summed E-state index contributed by atoms with van der Waals surface area (Å²) in [6, 6.07) is 0. The van der Waals surface area contributed by atoms with Crippen LogP contribution in [0.4, 0.5) is 0 Å². The molecule has 0 aromatic heterocycles. The zero-order chi connectivity index (χ0) is 11.9. The molecule has 2 fully saturated rings. The first-order valence-corrected chi connectivity index (χ1v) is 6.65. The molecular weight excluding hydrogens is 218 g/mol. The van der Waals surface area contributed by atoms with Gasteiger partial charge in [-0.1, -0.05) is 0 Å². The van der Waals surface area contributed by atoms with E-state index in [4.69, 9.17) is 4.74 Å². The second-order valence-electron chi connectivity index (χ2n) is 4.69. The fourth-order valence-corrected chi connectivity index (χ4v) is 2.31. The highest BCUT2D eigenvalue weighted by atomic mass is 16.5. The zero-order valence-electron chi connectivity index (χ0n) is 10.5. The number of morpholine rings is 1. The van der Waals surface area contributed by atoms with Crippen LogP contribution in [0.1, 0.15) is 12.8 Å². The molecule has 0 atom stereocenters. The summed E-state index contributed by atoms with van der Waals surface area (Å²) in [6.07, 6.45) is 1.66. The lowest BCUT2D eigenvalue weighted by atomic mass is 10.2. The van der Waals surface area contributed by atoms with Gasteiger partial charge in [-0.3, -0.25) is 9.69 Å². The number of carbonyl (C=O) groups excluding carboxylic acids is 1. The molecule has 0 unspecified atom stereocenters. The third kappa shape index (κ3) is 4.26. The third-order valence-electron chi connectivity index (χ3n) is 3.45. The van der Waals surface area contributed by atoms with Crippen molar-refractivity contribution < 1.29 is 9.53 Å². The summed E-state index contributed by atoms with van der Waals surface area (Å²) >= 11 is 0. The molecular formula is C12H23N3O2. The van der Waals surface area contributed by atoms with E-state index in [1.165, 1.54) is 0 Å². The van der Waals surface area contributed by atoms with Crippen LogP contribution in [-0.4, -0.2) is 74.7 Å². The number of hydrogen-bond acceptors (Lipinski definition) is 4. The van der Waals surface area contributed by atoms with Gasteiger partial charge in [0, 0.05) is 45.7 Å². The predicted molar refractivity (Wildman–Crippen MR) is 65.9 cm³/mol. The third-order valence-corrected chi connectivity index (χ3v) is 3.45. The Balaban J connectivity index is 1.73. The molecule has 0 aliphatic carbocycles. The molecule has 0 radical (unpaired) electrons. The van der Waals surface area contributed by atoms with Gasteiger partial charge >= 0.3 is 0 Å². The number of amides is 1. The smallest absolute Gasteiger partial charge is 0.222 e. The van der Waals surface area contributed by atoms with E-state index in [1.807, 2.05) is 4.90 Å². The molecule has 2 rings (SSSR count). The van der Waals surface area contributed by atoms with Gasteiger partial charge in [0.05, 0.1) is 13.2 Å². The Kier molecular flexibility index (Phi) is 5.22. The fraction of sp³-hybridized carbons (Fsp3) is 0.917. The number of hydrogen-bond donors (Lipinski definition) is 1. The minimum Gasteiger partial charge on any atom is -0.379 e. The Labute approximate surface area is 103 Å². The fourth-order valence-electron chi connectivity index (χ4n) is 2.31. The minimum absolute atomic E-state index is 0.319. The van der Waals surface area contributed by atoms with E-state index in [0.29, 0.717) is 12.3 Å². The molecule has 1 N–H and O–H groups in total. The summed E-state index contributed by atoms with van der Waals surface area (Å²) in [5.41, 5.74) is 0. The highest BCUT2D eigenvalue weighted by molar-refractivity contribution is 5.76. The van der Waals surface area contributed by atoms with Crippen molar-refractivity contribution in [1.82, 2.24) is 15.1 Å². The molecule has 98 valence electrons. The average Bonchev–Trinajstić information content (AvgIpc) is 2.35. The number of ether oxygens (including phenoxy) is 1. The molecule has 0 bridgehead atoms. The van der Waals surface area contributed by atoms with Crippen molar-refractivity contribution in [1.29, 1.82) is 0 Å². The zero-order valence-corrected chi connectivity index (χ0v) is 10.5. The van der Waals surface area contributed by atoms with Gasteiger partial charge in [-0.25, -0.2) is 0 Å². The van der Waals surface area contributed by atoms with Crippen molar-refractivity contribution in [2.75, 3.05) is 59.0 Å². The van der Waals surface area contributed by atoms with Gasteiger partial charge in [-0.15, -0.1) is 0 Å². The number of nitrogens with zero attached hydrogens (tertiary/aromatic N) is 2. The van der Waals surface area contributed by atoms with E-state index < -0.39 is 0 Å². The van der Waals surface area contributed by atoms with Crippen LogP contribution in [0, 0.1) is 0 Å². The quantitative estimate of drug-likeness (QED) is 0.725. The first kappa shape index (κ1) is 12.8. The normalized spacial score (nSPS) is 24.5. The van der Waals surface area contributed by atoms with E-state index in [-0.39, 0.29) is 0 Å². The summed E-state index contributed by atoms with van der Waals surface area (Å²) in [5, 5.41) is 3.35. The highest BCUT2D eigenvalue weighted by Gasteiger charge is 2.17. The van der Waals surface area contributed by atoms with Crippen LogP contribution >= 0.6 is 0 Å². The van der Waals surface area contributed by atoms with E-state index in [0.717, 1.165) is 65.4 Å². The lowest BCUT2D eigenvalue weighted by Gasteiger charge is -2.31. The van der Waals surface area contributed by atoms with E-state index in [1.54, 1.807) is 0 Å². The summed E-state index contributed by atoms with van der Waals surface area (Å²) < 4.78 is 5.32. The Morgan fingerprint density at radius 3 is 2.76 bits per heavy atom. The lowest BCUT2D eigenvalue weighted by Crippen LogP contribution is -2.45. The van der Waals surface area contributed by atoms with Crippen LogP contribution in [0.5, 0.6) is 0 Å². The van der Waals surface area contributed by atoms with Crippen molar-refractivity contribution in [2.24, 2.45) is 0 Å². The molecule has 0 aromatic carbocycles. The van der Waals surface area contributed by atoms with Crippen molar-refractivity contribution in [2.45, 2.75) is 12.8 Å². The number of nitrogens with one attached hydrogen (secondary N) is 1. The van der Waals surface area contributed by atoms with Crippen LogP contribution in [0.2, 0.25) is 0 Å². The largest absolute Gasteiger partial charge is 0.379 e. The number of rotatable bonds is 3. The van der Waals surface area contributed by atoms with Crippen LogP contribution in [0.25, 0.3) is 0 Å². The average molecular weight is 241 g/mol. The number of carbonyl (C=O) groups is 1. The second kappa shape index (κ2) is 6.93. The van der Waals surface area contributed by atoms with Crippen LogP contribution in [0.15, 0.2) is 0 Å². The van der Waals surface area contributed by atoms with Gasteiger partial charge in [0.2, 0.25) is 5.91 Å². The SMILES string of the molecule is O=C1CCCNCCN1CCN1CCOCC1. The van der Waals surface area contributed by atoms with E-state index in [2.05, 4.69) is 10.2 Å². The molecule has 0 saturated carbocycles. The van der Waals surface area contributed by atoms with Gasteiger partial charge in [-0.2, -0.15) is 0 Å². The molecule has 17 heavy (non-hydrogen) atoms. The van der Waals surface area contributed by atoms with Crippen molar-refractivity contribution in [3.63, 3.8) is 0 Å². The summed E-state index contributed by atoms with van der Waals surface area (Å²) in [4.78, 5) is 16.3. The standard InChI is InChI=1S/C12H23N3O2/c16-12-2-1-3-13-4-5-15(12)7-6-14-8-10-17-11-9-14/h13H,1-11H2. The van der Waals surface area contributed by atoms with Gasteiger partial charge in [0.25, 0.3) is 0 Å². The summed E-state index contributed by atoms with van der Waals surface area (Å²) in [7, 11) is 0. The van der Waals surface area contributed by atoms with Gasteiger partial charge in [-0.05, 0) is 13.0 Å². The molecule has 5 heteroatoms. The Morgan fingerprint density at radius 1 is 1.12 bits per heavy atom. The Morgan fingerprint density at radius 2 is 1.94 bits per heavy atom. The van der Waals surface area contributed by atoms with Crippen molar-refractivity contribution >= 4 is 5.91 Å². The molecule has 1 amide bonds. The lowest BCUT2D eigenvalue weighted by molar-refractivity contribution is -0.132. The minimum atomic E-state index is 0.319. The molecule has 0 aromatic rings. The molecule has 0 spiro atoms. The van der Waals surface area contributed by atoms with Crippen LogP contribution in [0.3, 0.4) is 0 Å². The van der Waals surface area contributed by atoms with Crippen molar-refractivity contribution in [3.05, 3.63) is 0 Å². The van der Waals surface area contributed by atoms with Gasteiger partial charge in [0.15, 0.2) is 0 Å². The van der Waals surface area contributed by atoms with Crippen LogP contribution < -0.4 is 5.32 Å². The topological polar surface area (TPSA) is 44.8 Å². The van der Waals surface area contributed by atoms with Crippen LogP contribution in [-0.2, 0) is 9.53 Å². The summed E-state index contributed by atoms with van der Waals surface area (Å²) in [5.74, 6) is 0.319. The molecule has 2 saturated heterocycles. The first-order valence-electron chi connectivity index (χ1n) is 6.65. The van der Waals surface area contributed by atoms with Gasteiger partial charge < -0.3 is 15.0 Å². The summed E-state index contributed by atoms with van der Waals surface area (Å²) in [6.45, 7) is 8.25. The maximum Gasteiger partial charge on any atom is 0.222 e. The predicted octanol–water partition coefficient (Wildman–Crippen LogP) is -0.469. The Bertz CT molecular complexity index is 242. The Hall–Kier alpha value is -0.650. The van der Waals surface area contributed by atoms with E-state index in [9.17, 15) is 4.79 Å². The monoisotopic (exact) mass is 241 g/mol. The van der Waals surface area contributed by atoms with Gasteiger partial charge in [0.1, 0.15) is 0 Å². The maximum atomic E-state index is 11.9. The maximum absolute atomic E-state index is 11.9. The van der Waals surface area contributed by atoms with E-state index >= 15 is 0 Å². The first-order chi connectivity index (χ1) is 8.36. The molecule has 5 nitrogen and oxygen atoms in total.